The summed E-state index contributed by atoms with van der Waals surface area (Å²) in [5, 5.41) is 5.13. The average molecular weight is 491 g/mol. The molecule has 0 aromatic heterocycles. The molecule has 0 aliphatic carbocycles. The molecule has 4 rings (SSSR count). The lowest BCUT2D eigenvalue weighted by Crippen LogP contribution is -2.52. The van der Waals surface area contributed by atoms with Gasteiger partial charge in [0.2, 0.25) is 18.0 Å². The molecule has 0 radical (unpaired) electrons. The molecule has 0 bridgehead atoms. The lowest BCUT2D eigenvalue weighted by Gasteiger charge is -2.22. The third-order valence-electron chi connectivity index (χ3n) is 5.79. The fourth-order valence-corrected chi connectivity index (χ4v) is 3.90. The summed E-state index contributed by atoms with van der Waals surface area (Å²) in [6, 6.07) is 18.8. The maximum Gasteiger partial charge on any atom is 0.272 e. The number of nitrogens with one attached hydrogen (secondary N) is 2. The second-order valence-electron chi connectivity index (χ2n) is 8.38. The number of hydrogen-bond donors (Lipinski definition) is 2. The second-order valence-corrected chi connectivity index (χ2v) is 8.38. The minimum Gasteiger partial charge on any atom is -0.344 e. The zero-order valence-electron chi connectivity index (χ0n) is 19.7. The van der Waals surface area contributed by atoms with Crippen LogP contribution in [0, 0.1) is 11.6 Å². The number of hydrogen-bond acceptors (Lipinski definition) is 4. The summed E-state index contributed by atoms with van der Waals surface area (Å²) in [4.78, 5) is 44.5. The van der Waals surface area contributed by atoms with Gasteiger partial charge in [-0.1, -0.05) is 54.6 Å². The van der Waals surface area contributed by atoms with Crippen LogP contribution < -0.4 is 15.5 Å². The lowest BCUT2D eigenvalue weighted by molar-refractivity contribution is -0.130. The molecule has 2 unspecified atom stereocenters. The summed E-state index contributed by atoms with van der Waals surface area (Å²) >= 11 is 0. The second kappa shape index (κ2) is 10.5. The van der Waals surface area contributed by atoms with Crippen LogP contribution in [-0.2, 0) is 20.8 Å². The van der Waals surface area contributed by atoms with Crippen LogP contribution in [0.15, 0.2) is 77.8 Å². The highest BCUT2D eigenvalue weighted by Gasteiger charge is 2.32. The minimum atomic E-state index is -1.23. The molecule has 9 heteroatoms. The molecule has 1 aliphatic heterocycles. The summed E-state index contributed by atoms with van der Waals surface area (Å²) in [7, 11) is 1.61. The number of halogens is 2. The number of carbonyl (C=O) groups is 3. The highest BCUT2D eigenvalue weighted by Crippen LogP contribution is 2.27. The van der Waals surface area contributed by atoms with Gasteiger partial charge in [0.25, 0.3) is 5.91 Å². The van der Waals surface area contributed by atoms with Crippen molar-refractivity contribution < 1.29 is 23.2 Å². The normalized spacial score (nSPS) is 15.9. The van der Waals surface area contributed by atoms with E-state index in [0.717, 1.165) is 23.3 Å². The van der Waals surface area contributed by atoms with E-state index in [2.05, 4.69) is 15.6 Å². The molecule has 2 atom stereocenters. The Balaban J connectivity index is 1.52. The van der Waals surface area contributed by atoms with Gasteiger partial charge in [0.15, 0.2) is 11.6 Å². The van der Waals surface area contributed by atoms with Crippen molar-refractivity contribution in [1.82, 2.24) is 10.6 Å². The number of aliphatic imine (C=N–C) groups is 1. The zero-order chi connectivity index (χ0) is 25.8. The molecular weight excluding hydrogens is 466 g/mol. The number of rotatable bonds is 6. The van der Waals surface area contributed by atoms with Crippen molar-refractivity contribution in [1.29, 1.82) is 0 Å². The summed E-state index contributed by atoms with van der Waals surface area (Å²) in [5.74, 6) is -3.70. The maximum atomic E-state index is 13.4. The lowest BCUT2D eigenvalue weighted by atomic mass is 10.0. The summed E-state index contributed by atoms with van der Waals surface area (Å²) < 4.78 is 26.5. The molecule has 1 heterocycles. The highest BCUT2D eigenvalue weighted by atomic mass is 19.2. The van der Waals surface area contributed by atoms with Crippen LogP contribution in [0.4, 0.5) is 14.5 Å². The van der Waals surface area contributed by atoms with E-state index in [9.17, 15) is 23.2 Å². The summed E-state index contributed by atoms with van der Waals surface area (Å²) in [5.41, 5.74) is 2.97. The average Bonchev–Trinajstić information content (AvgIpc) is 2.97. The van der Waals surface area contributed by atoms with Gasteiger partial charge in [0.05, 0.1) is 17.8 Å². The zero-order valence-corrected chi connectivity index (χ0v) is 19.7. The van der Waals surface area contributed by atoms with Crippen molar-refractivity contribution in [2.24, 2.45) is 4.99 Å². The predicted octanol–water partition coefficient (Wildman–Crippen LogP) is 2.97. The maximum absolute atomic E-state index is 13.4. The van der Waals surface area contributed by atoms with Crippen LogP contribution in [0.3, 0.4) is 0 Å². The number of nitrogens with zero attached hydrogens (tertiary/aromatic N) is 2. The number of para-hydroxylation sites is 1. The van der Waals surface area contributed by atoms with Crippen molar-refractivity contribution in [3.8, 4) is 0 Å². The van der Waals surface area contributed by atoms with Gasteiger partial charge >= 0.3 is 0 Å². The first-order valence-corrected chi connectivity index (χ1v) is 11.3. The van der Waals surface area contributed by atoms with Gasteiger partial charge in [-0.15, -0.1) is 0 Å². The Morgan fingerprint density at radius 2 is 1.69 bits per heavy atom. The summed E-state index contributed by atoms with van der Waals surface area (Å²) in [6.45, 7) is 1.46. The van der Waals surface area contributed by atoms with E-state index in [1.807, 2.05) is 48.5 Å². The molecule has 184 valence electrons. The van der Waals surface area contributed by atoms with Gasteiger partial charge in [-0.25, -0.2) is 13.8 Å². The molecule has 0 saturated carbocycles. The standard InChI is InChI=1S/C27H24F2N4O3/c1-16(30-23(34)15-17-12-13-20(28)21(29)14-17)26(35)32-25-27(36)33(2)22-11-7-6-10-19(22)24(31-25)18-8-4-3-5-9-18/h3-14,16,25H,15H2,1-2H3,(H,30,34)(H,32,35). The van der Waals surface area contributed by atoms with Crippen LogP contribution in [0.25, 0.3) is 0 Å². The SMILES string of the molecule is CC(NC(=O)Cc1ccc(F)c(F)c1)C(=O)NC1N=C(c2ccccc2)c2ccccc2N(C)C1=O. The van der Waals surface area contributed by atoms with Crippen LogP contribution in [0.1, 0.15) is 23.6 Å². The number of benzodiazepines with no additional fused rings is 1. The van der Waals surface area contributed by atoms with E-state index < -0.39 is 41.6 Å². The fraction of sp³-hybridized carbons (Fsp3) is 0.185. The molecule has 36 heavy (non-hydrogen) atoms. The van der Waals surface area contributed by atoms with Crippen molar-refractivity contribution in [2.75, 3.05) is 11.9 Å². The van der Waals surface area contributed by atoms with Gasteiger partial charge in [-0.05, 0) is 30.7 Å². The van der Waals surface area contributed by atoms with Crippen molar-refractivity contribution in [2.45, 2.75) is 25.6 Å². The van der Waals surface area contributed by atoms with Gasteiger partial charge in [-0.2, -0.15) is 0 Å². The van der Waals surface area contributed by atoms with Crippen molar-refractivity contribution in [3.05, 3.63) is 101 Å². The number of fused-ring (bicyclic) bond motifs is 1. The molecule has 0 fully saturated rings. The first-order chi connectivity index (χ1) is 17.2. The molecule has 3 amide bonds. The smallest absolute Gasteiger partial charge is 0.272 e. The first kappa shape index (κ1) is 24.7. The number of anilines is 1. The largest absolute Gasteiger partial charge is 0.344 e. The monoisotopic (exact) mass is 490 g/mol. The van der Waals surface area contributed by atoms with Crippen molar-refractivity contribution >= 4 is 29.1 Å². The number of likely N-dealkylation sites (N-methyl/N-ethyl adjacent to an activating group) is 1. The van der Waals surface area contributed by atoms with Gasteiger partial charge < -0.3 is 15.5 Å². The van der Waals surface area contributed by atoms with Crippen LogP contribution in [-0.4, -0.2) is 42.7 Å². The van der Waals surface area contributed by atoms with Crippen LogP contribution >= 0.6 is 0 Å². The van der Waals surface area contributed by atoms with Gasteiger partial charge in [0.1, 0.15) is 6.04 Å². The Labute approximate surface area is 206 Å². The Hall–Kier alpha value is -4.40. The molecule has 2 N–H and O–H groups in total. The number of benzene rings is 3. The van der Waals surface area contributed by atoms with E-state index in [0.29, 0.717) is 11.4 Å². The van der Waals surface area contributed by atoms with E-state index in [1.54, 1.807) is 13.1 Å². The fourth-order valence-electron chi connectivity index (χ4n) is 3.90. The molecule has 7 nitrogen and oxygen atoms in total. The number of amides is 3. The molecular formula is C27H24F2N4O3. The molecule has 0 spiro atoms. The molecule has 3 aromatic carbocycles. The molecule has 3 aromatic rings. The van der Waals surface area contributed by atoms with E-state index in [4.69, 9.17) is 0 Å². The Morgan fingerprint density at radius 1 is 1.00 bits per heavy atom. The van der Waals surface area contributed by atoms with E-state index >= 15 is 0 Å². The van der Waals surface area contributed by atoms with Crippen molar-refractivity contribution in [3.63, 3.8) is 0 Å². The van der Waals surface area contributed by atoms with Gasteiger partial charge in [0, 0.05) is 18.2 Å². The third kappa shape index (κ3) is 5.30. The Kier molecular flexibility index (Phi) is 7.19. The first-order valence-electron chi connectivity index (χ1n) is 11.3. The number of carbonyl (C=O) groups excluding carboxylic acids is 3. The highest BCUT2D eigenvalue weighted by molar-refractivity contribution is 6.20. The minimum absolute atomic E-state index is 0.245. The quantitative estimate of drug-likeness (QED) is 0.557. The summed E-state index contributed by atoms with van der Waals surface area (Å²) in [6.07, 6.45) is -1.47. The van der Waals surface area contributed by atoms with Crippen LogP contribution in [0.2, 0.25) is 0 Å². The Bertz CT molecular complexity index is 1340. The van der Waals surface area contributed by atoms with Gasteiger partial charge in [-0.3, -0.25) is 14.4 Å². The predicted molar refractivity (Wildman–Crippen MR) is 132 cm³/mol. The third-order valence-corrected chi connectivity index (χ3v) is 5.79. The van der Waals surface area contributed by atoms with E-state index in [-0.39, 0.29) is 12.0 Å². The Morgan fingerprint density at radius 3 is 2.42 bits per heavy atom. The topological polar surface area (TPSA) is 90.9 Å². The van der Waals surface area contributed by atoms with Crippen LogP contribution in [0.5, 0.6) is 0 Å². The molecule has 0 saturated heterocycles. The molecule has 1 aliphatic rings. The van der Waals surface area contributed by atoms with E-state index in [1.165, 1.54) is 17.9 Å².